The average Bonchev–Trinajstić information content (AvgIpc) is 2.74. The number of furan rings is 1. The van der Waals surface area contributed by atoms with Gasteiger partial charge in [-0.1, -0.05) is 0 Å². The van der Waals surface area contributed by atoms with Gasteiger partial charge in [0.05, 0.1) is 12.3 Å². The van der Waals surface area contributed by atoms with Crippen LogP contribution in [0.5, 0.6) is 0 Å². The first-order valence-corrected chi connectivity index (χ1v) is 4.96. The van der Waals surface area contributed by atoms with Gasteiger partial charge in [0.2, 0.25) is 0 Å². The molecule has 1 aliphatic heterocycles. The van der Waals surface area contributed by atoms with Crippen molar-refractivity contribution >= 4 is 24.8 Å². The first-order valence-electron chi connectivity index (χ1n) is 4.96. The molecule has 16 heavy (non-hydrogen) atoms. The maximum absolute atomic E-state index is 12.9. The summed E-state index contributed by atoms with van der Waals surface area (Å²) in [6.07, 6.45) is 1.60. The molecule has 0 amide bonds. The summed E-state index contributed by atoms with van der Waals surface area (Å²) in [5.41, 5.74) is 0. The van der Waals surface area contributed by atoms with E-state index in [1.165, 1.54) is 0 Å². The Hall–Kier alpha value is -0.290. The highest BCUT2D eigenvalue weighted by atomic mass is 35.5. The lowest BCUT2D eigenvalue weighted by Gasteiger charge is -2.32. The molecule has 1 N–H and O–H groups in total. The Labute approximate surface area is 107 Å². The maximum atomic E-state index is 12.9. The van der Waals surface area contributed by atoms with E-state index in [1.807, 2.05) is 6.07 Å². The molecule has 6 heteroatoms. The molecule has 0 aliphatic carbocycles. The van der Waals surface area contributed by atoms with Crippen molar-refractivity contribution in [1.82, 2.24) is 10.2 Å². The fraction of sp³-hybridized carbons (Fsp3) is 0.600. The fourth-order valence-corrected chi connectivity index (χ4v) is 1.83. The van der Waals surface area contributed by atoms with Crippen molar-refractivity contribution in [3.05, 3.63) is 24.2 Å². The fourth-order valence-electron chi connectivity index (χ4n) is 1.83. The van der Waals surface area contributed by atoms with Gasteiger partial charge in [-0.3, -0.25) is 4.90 Å². The standard InChI is InChI=1S/C10H15FN2O.2ClH/c11-8-9(10-2-1-7-14-10)13-5-3-12-4-6-13;;/h1-2,7,9,12H,3-6,8H2;2*1H/t9-;;/m0../s1. The molecular weight excluding hydrogens is 254 g/mol. The summed E-state index contributed by atoms with van der Waals surface area (Å²) in [4.78, 5) is 2.12. The van der Waals surface area contributed by atoms with Crippen molar-refractivity contribution in [2.45, 2.75) is 6.04 Å². The van der Waals surface area contributed by atoms with Gasteiger partial charge in [0.15, 0.2) is 0 Å². The Morgan fingerprint density at radius 1 is 1.38 bits per heavy atom. The van der Waals surface area contributed by atoms with Crippen LogP contribution in [-0.2, 0) is 0 Å². The second kappa shape index (κ2) is 7.90. The molecule has 1 aromatic rings. The molecule has 1 aliphatic rings. The minimum absolute atomic E-state index is 0. The van der Waals surface area contributed by atoms with E-state index in [2.05, 4.69) is 10.2 Å². The minimum atomic E-state index is -0.381. The molecule has 94 valence electrons. The number of alkyl halides is 1. The van der Waals surface area contributed by atoms with Crippen LogP contribution in [0.4, 0.5) is 4.39 Å². The lowest BCUT2D eigenvalue weighted by atomic mass is 10.2. The normalized spacial score (nSPS) is 18.3. The Bertz CT molecular complexity index is 266. The molecule has 1 fully saturated rings. The molecular formula is C10H17Cl2FN2O. The van der Waals surface area contributed by atoms with Crippen LogP contribution in [0.1, 0.15) is 11.8 Å². The van der Waals surface area contributed by atoms with Gasteiger partial charge < -0.3 is 9.73 Å². The van der Waals surface area contributed by atoms with E-state index >= 15 is 0 Å². The van der Waals surface area contributed by atoms with Crippen LogP contribution in [0.2, 0.25) is 0 Å². The molecule has 2 heterocycles. The van der Waals surface area contributed by atoms with Crippen LogP contribution in [0.25, 0.3) is 0 Å². The average molecular weight is 271 g/mol. The number of hydrogen-bond donors (Lipinski definition) is 1. The second-order valence-electron chi connectivity index (χ2n) is 3.47. The van der Waals surface area contributed by atoms with Crippen molar-refractivity contribution in [2.24, 2.45) is 0 Å². The number of halogens is 3. The Morgan fingerprint density at radius 3 is 2.56 bits per heavy atom. The predicted molar refractivity (Wildman–Crippen MR) is 66.4 cm³/mol. The van der Waals surface area contributed by atoms with Crippen molar-refractivity contribution < 1.29 is 8.81 Å². The zero-order valence-electron chi connectivity index (χ0n) is 8.89. The van der Waals surface area contributed by atoms with Crippen molar-refractivity contribution in [3.63, 3.8) is 0 Å². The van der Waals surface area contributed by atoms with Crippen molar-refractivity contribution in [3.8, 4) is 0 Å². The topological polar surface area (TPSA) is 28.4 Å². The molecule has 2 rings (SSSR count). The van der Waals surface area contributed by atoms with Gasteiger partial charge in [0.1, 0.15) is 12.4 Å². The number of hydrogen-bond acceptors (Lipinski definition) is 3. The van der Waals surface area contributed by atoms with E-state index in [1.54, 1.807) is 12.3 Å². The number of piperazine rings is 1. The summed E-state index contributed by atoms with van der Waals surface area (Å²) in [6.45, 7) is 3.24. The van der Waals surface area contributed by atoms with E-state index in [0.29, 0.717) is 0 Å². The van der Waals surface area contributed by atoms with Crippen LogP contribution < -0.4 is 5.32 Å². The molecule has 3 nitrogen and oxygen atoms in total. The van der Waals surface area contributed by atoms with Gasteiger partial charge in [-0.05, 0) is 12.1 Å². The molecule has 0 unspecified atom stereocenters. The Kier molecular flexibility index (Phi) is 7.76. The third-order valence-electron chi connectivity index (χ3n) is 2.61. The first-order chi connectivity index (χ1) is 6.92. The van der Waals surface area contributed by atoms with E-state index in [4.69, 9.17) is 4.42 Å². The number of rotatable bonds is 3. The third kappa shape index (κ3) is 3.63. The van der Waals surface area contributed by atoms with E-state index in [9.17, 15) is 4.39 Å². The summed E-state index contributed by atoms with van der Waals surface area (Å²) in [7, 11) is 0. The lowest BCUT2D eigenvalue weighted by molar-refractivity contribution is 0.130. The Morgan fingerprint density at radius 2 is 2.06 bits per heavy atom. The first kappa shape index (κ1) is 15.7. The van der Waals surface area contributed by atoms with Crippen LogP contribution in [-0.4, -0.2) is 37.8 Å². The zero-order valence-corrected chi connectivity index (χ0v) is 10.5. The van der Waals surface area contributed by atoms with Crippen LogP contribution in [0, 0.1) is 0 Å². The van der Waals surface area contributed by atoms with Gasteiger partial charge in [-0.2, -0.15) is 0 Å². The summed E-state index contributed by atoms with van der Waals surface area (Å²) in [6, 6.07) is 3.44. The van der Waals surface area contributed by atoms with Gasteiger partial charge in [-0.15, -0.1) is 24.8 Å². The summed E-state index contributed by atoms with van der Waals surface area (Å²) in [5, 5.41) is 3.24. The summed E-state index contributed by atoms with van der Waals surface area (Å²) >= 11 is 0. The SMILES string of the molecule is Cl.Cl.FC[C@@H](c1ccco1)N1CCNCC1. The molecule has 0 spiro atoms. The minimum Gasteiger partial charge on any atom is -0.468 e. The highest BCUT2D eigenvalue weighted by molar-refractivity contribution is 5.85. The van der Waals surface area contributed by atoms with Crippen LogP contribution >= 0.6 is 24.8 Å². The zero-order chi connectivity index (χ0) is 9.80. The van der Waals surface area contributed by atoms with Gasteiger partial charge in [0.25, 0.3) is 0 Å². The molecule has 0 saturated carbocycles. The van der Waals surface area contributed by atoms with Gasteiger partial charge in [-0.25, -0.2) is 4.39 Å². The molecule has 0 radical (unpaired) electrons. The van der Waals surface area contributed by atoms with E-state index in [-0.39, 0.29) is 37.5 Å². The third-order valence-corrected chi connectivity index (χ3v) is 2.61. The quantitative estimate of drug-likeness (QED) is 0.912. The van der Waals surface area contributed by atoms with Crippen LogP contribution in [0.3, 0.4) is 0 Å². The highest BCUT2D eigenvalue weighted by Crippen LogP contribution is 2.21. The molecule has 1 atom stereocenters. The second-order valence-corrected chi connectivity index (χ2v) is 3.47. The molecule has 0 bridgehead atoms. The molecule has 1 aromatic heterocycles. The molecule has 1 saturated heterocycles. The predicted octanol–water partition coefficient (Wildman–Crippen LogP) is 2.04. The van der Waals surface area contributed by atoms with Crippen molar-refractivity contribution in [1.29, 1.82) is 0 Å². The van der Waals surface area contributed by atoms with Crippen molar-refractivity contribution in [2.75, 3.05) is 32.9 Å². The van der Waals surface area contributed by atoms with Crippen LogP contribution in [0.15, 0.2) is 22.8 Å². The number of nitrogens with zero attached hydrogens (tertiary/aromatic N) is 1. The summed E-state index contributed by atoms with van der Waals surface area (Å²) in [5.74, 6) is 0.731. The monoisotopic (exact) mass is 270 g/mol. The lowest BCUT2D eigenvalue weighted by Crippen LogP contribution is -2.45. The molecule has 0 aromatic carbocycles. The number of nitrogens with one attached hydrogen (secondary N) is 1. The largest absolute Gasteiger partial charge is 0.468 e. The summed E-state index contributed by atoms with van der Waals surface area (Å²) < 4.78 is 18.1. The Balaban J connectivity index is 0.00000112. The maximum Gasteiger partial charge on any atom is 0.123 e. The smallest absolute Gasteiger partial charge is 0.123 e. The van der Waals surface area contributed by atoms with Gasteiger partial charge in [0, 0.05) is 26.2 Å². The van der Waals surface area contributed by atoms with E-state index < -0.39 is 0 Å². The van der Waals surface area contributed by atoms with Gasteiger partial charge >= 0.3 is 0 Å². The highest BCUT2D eigenvalue weighted by Gasteiger charge is 2.23. The van der Waals surface area contributed by atoms with E-state index in [0.717, 1.165) is 31.9 Å².